The monoisotopic (exact) mass is 303 g/mol. The van der Waals surface area contributed by atoms with Crippen molar-refractivity contribution in [1.82, 2.24) is 0 Å². The average molecular weight is 303 g/mol. The van der Waals surface area contributed by atoms with Crippen LogP contribution in [0.4, 0.5) is 11.4 Å². The normalized spacial score (nSPS) is 10.4. The number of hydrogen-bond acceptors (Lipinski definition) is 5. The van der Waals surface area contributed by atoms with Crippen LogP contribution in [0.1, 0.15) is 16.7 Å². The number of hydrazine groups is 1. The van der Waals surface area contributed by atoms with E-state index in [0.717, 1.165) is 17.0 Å². The number of thioether (sulfide) groups is 1. The summed E-state index contributed by atoms with van der Waals surface area (Å²) in [7, 11) is 0. The van der Waals surface area contributed by atoms with Crippen LogP contribution in [0.15, 0.2) is 42.5 Å². The van der Waals surface area contributed by atoms with Crippen molar-refractivity contribution in [3.8, 4) is 0 Å². The summed E-state index contributed by atoms with van der Waals surface area (Å²) in [5.74, 6) is 6.97. The molecule has 0 heterocycles. The summed E-state index contributed by atoms with van der Waals surface area (Å²) in [4.78, 5) is 10.4. The number of nitrogens with one attached hydrogen (secondary N) is 1. The lowest BCUT2D eigenvalue weighted by Gasteiger charge is -2.09. The highest BCUT2D eigenvalue weighted by Gasteiger charge is 2.10. The average Bonchev–Trinajstić information content (AvgIpc) is 2.47. The molecule has 0 aromatic heterocycles. The van der Waals surface area contributed by atoms with Crippen molar-refractivity contribution < 1.29 is 4.92 Å². The van der Waals surface area contributed by atoms with Gasteiger partial charge in [-0.15, -0.1) is 0 Å². The third-order valence-corrected chi connectivity index (χ3v) is 4.12. The summed E-state index contributed by atoms with van der Waals surface area (Å²) in [5, 5.41) is 10.8. The van der Waals surface area contributed by atoms with E-state index in [9.17, 15) is 10.1 Å². The molecule has 0 aliphatic rings. The Hall–Kier alpha value is -2.05. The second-order valence-electron chi connectivity index (χ2n) is 4.72. The number of rotatable bonds is 6. The molecule has 21 heavy (non-hydrogen) atoms. The Morgan fingerprint density at radius 3 is 2.71 bits per heavy atom. The lowest BCUT2D eigenvalue weighted by atomic mass is 10.2. The first-order valence-corrected chi connectivity index (χ1v) is 7.63. The zero-order valence-corrected chi connectivity index (χ0v) is 12.5. The minimum absolute atomic E-state index is 0.0835. The smallest absolute Gasteiger partial charge is 0.269 e. The molecule has 0 bridgehead atoms. The highest BCUT2D eigenvalue weighted by Crippen LogP contribution is 2.27. The molecule has 0 spiro atoms. The van der Waals surface area contributed by atoms with Gasteiger partial charge in [-0.3, -0.25) is 16.0 Å². The fourth-order valence-electron chi connectivity index (χ4n) is 2.03. The number of benzene rings is 2. The lowest BCUT2D eigenvalue weighted by Crippen LogP contribution is -2.09. The van der Waals surface area contributed by atoms with Gasteiger partial charge in [-0.25, -0.2) is 0 Å². The first-order valence-electron chi connectivity index (χ1n) is 6.47. The molecule has 0 atom stereocenters. The number of non-ortho nitro benzene ring substituents is 1. The molecule has 2 aromatic rings. The molecule has 0 amide bonds. The van der Waals surface area contributed by atoms with Gasteiger partial charge in [-0.1, -0.05) is 29.8 Å². The summed E-state index contributed by atoms with van der Waals surface area (Å²) in [6.45, 7) is 2.06. The number of anilines is 1. The molecule has 5 nitrogen and oxygen atoms in total. The third-order valence-electron chi connectivity index (χ3n) is 3.06. The number of nitro benzene ring substituents is 1. The Balaban J connectivity index is 2.05. The molecular formula is C15H17N3O2S. The van der Waals surface area contributed by atoms with Gasteiger partial charge in [0.15, 0.2) is 0 Å². The molecule has 0 aliphatic heterocycles. The van der Waals surface area contributed by atoms with Crippen LogP contribution in [0.3, 0.4) is 0 Å². The predicted molar refractivity (Wildman–Crippen MR) is 87.1 cm³/mol. The molecule has 0 radical (unpaired) electrons. The summed E-state index contributed by atoms with van der Waals surface area (Å²) in [5.41, 5.74) is 6.70. The fraction of sp³-hybridized carbons (Fsp3) is 0.200. The van der Waals surface area contributed by atoms with Gasteiger partial charge in [0.05, 0.1) is 10.6 Å². The van der Waals surface area contributed by atoms with Gasteiger partial charge in [0.25, 0.3) is 5.69 Å². The Morgan fingerprint density at radius 2 is 2.05 bits per heavy atom. The van der Waals surface area contributed by atoms with Gasteiger partial charge in [-0.2, -0.15) is 11.8 Å². The predicted octanol–water partition coefficient (Wildman–Crippen LogP) is 3.62. The van der Waals surface area contributed by atoms with E-state index >= 15 is 0 Å². The molecule has 0 aliphatic carbocycles. The second kappa shape index (κ2) is 7.10. The summed E-state index contributed by atoms with van der Waals surface area (Å²) >= 11 is 1.70. The summed E-state index contributed by atoms with van der Waals surface area (Å²) in [6, 6.07) is 13.0. The van der Waals surface area contributed by atoms with E-state index in [1.54, 1.807) is 23.9 Å². The molecule has 110 valence electrons. The summed E-state index contributed by atoms with van der Waals surface area (Å²) in [6.07, 6.45) is 0. The van der Waals surface area contributed by atoms with E-state index in [2.05, 4.69) is 30.5 Å². The van der Waals surface area contributed by atoms with E-state index in [1.165, 1.54) is 17.2 Å². The maximum atomic E-state index is 10.8. The van der Waals surface area contributed by atoms with Crippen molar-refractivity contribution >= 4 is 23.1 Å². The molecule has 0 saturated carbocycles. The van der Waals surface area contributed by atoms with Gasteiger partial charge >= 0.3 is 0 Å². The van der Waals surface area contributed by atoms with Crippen LogP contribution in [0.25, 0.3) is 0 Å². The van der Waals surface area contributed by atoms with Crippen molar-refractivity contribution in [2.45, 2.75) is 18.4 Å². The van der Waals surface area contributed by atoms with Crippen molar-refractivity contribution in [3.05, 3.63) is 69.3 Å². The van der Waals surface area contributed by atoms with Crippen molar-refractivity contribution in [1.29, 1.82) is 0 Å². The zero-order chi connectivity index (χ0) is 15.2. The molecular weight excluding hydrogens is 286 g/mol. The molecule has 2 aromatic carbocycles. The van der Waals surface area contributed by atoms with Crippen LogP contribution in [0.2, 0.25) is 0 Å². The largest absolute Gasteiger partial charge is 0.324 e. The second-order valence-corrected chi connectivity index (χ2v) is 5.71. The van der Waals surface area contributed by atoms with Crippen LogP contribution in [0.5, 0.6) is 0 Å². The topological polar surface area (TPSA) is 81.2 Å². The number of nitrogen functional groups attached to an aromatic ring is 1. The van der Waals surface area contributed by atoms with Crippen LogP contribution in [-0.4, -0.2) is 4.92 Å². The van der Waals surface area contributed by atoms with Crippen LogP contribution < -0.4 is 11.3 Å². The molecule has 0 saturated heterocycles. The first-order chi connectivity index (χ1) is 10.1. The summed E-state index contributed by atoms with van der Waals surface area (Å²) < 4.78 is 0. The Bertz CT molecular complexity index is 647. The van der Waals surface area contributed by atoms with Crippen LogP contribution in [0, 0.1) is 17.0 Å². The molecule has 3 N–H and O–H groups in total. The minimum atomic E-state index is -0.394. The number of nitrogens with zero attached hydrogens (tertiary/aromatic N) is 1. The Morgan fingerprint density at radius 1 is 1.24 bits per heavy atom. The molecule has 0 unspecified atom stereocenters. The SMILES string of the molecule is Cc1cccc(CSCc2cc([N+](=O)[O-])ccc2NN)c1. The Labute approximate surface area is 127 Å². The molecule has 0 fully saturated rings. The number of nitrogens with two attached hydrogens (primary N) is 1. The van der Waals surface area contributed by atoms with Gasteiger partial charge in [-0.05, 0) is 24.1 Å². The maximum absolute atomic E-state index is 10.8. The van der Waals surface area contributed by atoms with E-state index in [0.29, 0.717) is 5.75 Å². The zero-order valence-electron chi connectivity index (χ0n) is 11.7. The van der Waals surface area contributed by atoms with Crippen molar-refractivity contribution in [2.75, 3.05) is 5.43 Å². The number of nitro groups is 1. The number of hydrogen-bond donors (Lipinski definition) is 2. The number of aryl methyl sites for hydroxylation is 1. The van der Waals surface area contributed by atoms with E-state index in [-0.39, 0.29) is 5.69 Å². The van der Waals surface area contributed by atoms with Crippen molar-refractivity contribution in [2.24, 2.45) is 5.84 Å². The lowest BCUT2D eigenvalue weighted by molar-refractivity contribution is -0.384. The van der Waals surface area contributed by atoms with Gasteiger partial charge in [0, 0.05) is 23.6 Å². The van der Waals surface area contributed by atoms with Crippen molar-refractivity contribution in [3.63, 3.8) is 0 Å². The van der Waals surface area contributed by atoms with Gasteiger partial charge < -0.3 is 5.43 Å². The van der Waals surface area contributed by atoms with E-state index in [1.807, 2.05) is 6.07 Å². The van der Waals surface area contributed by atoms with Crippen LogP contribution in [-0.2, 0) is 11.5 Å². The molecule has 6 heteroatoms. The Kier molecular flexibility index (Phi) is 5.19. The highest BCUT2D eigenvalue weighted by molar-refractivity contribution is 7.97. The quantitative estimate of drug-likeness (QED) is 0.484. The molecule has 2 rings (SSSR count). The van der Waals surface area contributed by atoms with E-state index in [4.69, 9.17) is 5.84 Å². The third kappa shape index (κ3) is 4.21. The van der Waals surface area contributed by atoms with E-state index < -0.39 is 4.92 Å². The first kappa shape index (κ1) is 15.3. The highest BCUT2D eigenvalue weighted by atomic mass is 32.2. The fourth-order valence-corrected chi connectivity index (χ4v) is 3.01. The van der Waals surface area contributed by atoms with Gasteiger partial charge in [0.1, 0.15) is 0 Å². The maximum Gasteiger partial charge on any atom is 0.269 e. The van der Waals surface area contributed by atoms with Crippen LogP contribution >= 0.6 is 11.8 Å². The minimum Gasteiger partial charge on any atom is -0.324 e. The standard InChI is InChI=1S/C15H17N3O2S/c1-11-3-2-4-12(7-11)9-21-10-13-8-14(18(19)20)5-6-15(13)17-16/h2-8,17H,9-10,16H2,1H3. The van der Waals surface area contributed by atoms with Gasteiger partial charge in [0.2, 0.25) is 0 Å².